The maximum Gasteiger partial charge on any atom is 0.310 e. The normalized spacial score (nSPS) is 19.6. The number of nitrogens with one attached hydrogen (secondary N) is 1. The number of methoxy groups -OCH3 is 3. The van der Waals surface area contributed by atoms with E-state index in [9.17, 15) is 14.4 Å². The van der Waals surface area contributed by atoms with Crippen LogP contribution in [0.3, 0.4) is 0 Å². The number of amides is 1. The molecule has 4 aromatic carbocycles. The number of carbonyl (C=O) groups excluding carboxylic acids is 3. The quantitative estimate of drug-likeness (QED) is 0.187. The van der Waals surface area contributed by atoms with Crippen LogP contribution in [0.5, 0.6) is 34.5 Å². The van der Waals surface area contributed by atoms with Gasteiger partial charge >= 0.3 is 11.9 Å². The van der Waals surface area contributed by atoms with Crippen LogP contribution in [-0.2, 0) is 30.3 Å². The monoisotopic (exact) mass is 715 g/mol. The Kier molecular flexibility index (Phi) is 9.50. The number of benzene rings is 4. The highest BCUT2D eigenvalue weighted by Gasteiger charge is 2.54. The maximum atomic E-state index is 13.5. The standard InChI is InChI=1S/C38H34ClNO11/c1-44-30-13-21(14-31(45-2)37(30)46-3)34-25-15-28-29(50-19-49-28)16-26(25)36(27-17-48-38(43)35(27)34)51-33(42)12-20-4-8-23(9-5-20)40-32(41)18-47-24-10-6-22(39)7-11-24/h4-11,13-16,27,34-36H,12,17-19H2,1-3H3,(H,40,41)/t27-,34+,35-,36-/m0/s1. The van der Waals surface area contributed by atoms with Crippen LogP contribution in [0.2, 0.25) is 5.02 Å². The Morgan fingerprint density at radius 2 is 1.51 bits per heavy atom. The van der Waals surface area contributed by atoms with E-state index in [-0.39, 0.29) is 32.3 Å². The molecule has 4 aromatic rings. The minimum atomic E-state index is -0.809. The van der Waals surface area contributed by atoms with Crippen molar-refractivity contribution >= 4 is 35.1 Å². The lowest BCUT2D eigenvalue weighted by atomic mass is 9.66. The smallest absolute Gasteiger partial charge is 0.310 e. The van der Waals surface area contributed by atoms with Gasteiger partial charge in [0, 0.05) is 28.1 Å². The van der Waals surface area contributed by atoms with Gasteiger partial charge < -0.3 is 43.2 Å². The Bertz CT molecular complexity index is 1940. The first-order valence-corrected chi connectivity index (χ1v) is 16.5. The van der Waals surface area contributed by atoms with Crippen LogP contribution in [0.15, 0.2) is 72.8 Å². The maximum absolute atomic E-state index is 13.5. The second-order valence-electron chi connectivity index (χ2n) is 12.2. The molecule has 1 aliphatic carbocycles. The number of carbonyl (C=O) groups is 3. The first-order chi connectivity index (χ1) is 24.8. The largest absolute Gasteiger partial charge is 0.493 e. The number of cyclic esters (lactones) is 1. The van der Waals surface area contributed by atoms with E-state index in [1.807, 2.05) is 24.3 Å². The fraction of sp³-hybridized carbons (Fsp3) is 0.289. The third-order valence-corrected chi connectivity index (χ3v) is 9.45. The van der Waals surface area contributed by atoms with Gasteiger partial charge in [0.25, 0.3) is 5.91 Å². The molecule has 1 amide bonds. The van der Waals surface area contributed by atoms with Gasteiger partial charge in [-0.05, 0) is 77.4 Å². The zero-order chi connectivity index (χ0) is 35.6. The fourth-order valence-electron chi connectivity index (χ4n) is 6.88. The molecule has 2 heterocycles. The molecule has 0 unspecified atom stereocenters. The second kappa shape index (κ2) is 14.3. The lowest BCUT2D eigenvalue weighted by Crippen LogP contribution is -2.36. The first-order valence-electron chi connectivity index (χ1n) is 16.1. The molecular formula is C38H34ClNO11. The van der Waals surface area contributed by atoms with Crippen molar-refractivity contribution in [3.8, 4) is 34.5 Å². The van der Waals surface area contributed by atoms with Gasteiger partial charge in [0.05, 0.1) is 40.3 Å². The number of rotatable bonds is 11. The van der Waals surface area contributed by atoms with Crippen molar-refractivity contribution in [1.82, 2.24) is 0 Å². The summed E-state index contributed by atoms with van der Waals surface area (Å²) in [5.74, 6) is -0.115. The molecule has 13 heteroatoms. The Hall–Kier alpha value is -5.62. The molecule has 2 aliphatic heterocycles. The van der Waals surface area contributed by atoms with Gasteiger partial charge in [0.15, 0.2) is 29.6 Å². The zero-order valence-electron chi connectivity index (χ0n) is 27.9. The second-order valence-corrected chi connectivity index (χ2v) is 12.6. The fourth-order valence-corrected chi connectivity index (χ4v) is 7.00. The van der Waals surface area contributed by atoms with Crippen molar-refractivity contribution in [2.75, 3.05) is 46.7 Å². The van der Waals surface area contributed by atoms with Crippen molar-refractivity contribution in [1.29, 1.82) is 0 Å². The van der Waals surface area contributed by atoms with E-state index < -0.39 is 35.8 Å². The van der Waals surface area contributed by atoms with E-state index in [0.29, 0.717) is 56.3 Å². The van der Waals surface area contributed by atoms with E-state index in [4.69, 9.17) is 49.5 Å². The van der Waals surface area contributed by atoms with Gasteiger partial charge in [-0.2, -0.15) is 0 Å². The van der Waals surface area contributed by atoms with Crippen LogP contribution in [0.4, 0.5) is 5.69 Å². The summed E-state index contributed by atoms with van der Waals surface area (Å²) in [7, 11) is 4.57. The molecule has 0 radical (unpaired) electrons. The Balaban J connectivity index is 1.11. The van der Waals surface area contributed by atoms with Crippen molar-refractivity contribution in [3.63, 3.8) is 0 Å². The van der Waals surface area contributed by atoms with Crippen LogP contribution < -0.4 is 33.7 Å². The molecule has 4 atom stereocenters. The summed E-state index contributed by atoms with van der Waals surface area (Å²) in [5.41, 5.74) is 3.35. The third-order valence-electron chi connectivity index (χ3n) is 9.19. The van der Waals surface area contributed by atoms with E-state index in [2.05, 4.69) is 5.32 Å². The summed E-state index contributed by atoms with van der Waals surface area (Å²) in [6, 6.07) is 20.8. The van der Waals surface area contributed by atoms with Crippen LogP contribution >= 0.6 is 11.6 Å². The first kappa shape index (κ1) is 33.9. The number of esters is 2. The highest BCUT2D eigenvalue weighted by Crippen LogP contribution is 2.56. The summed E-state index contributed by atoms with van der Waals surface area (Å²) in [5, 5.41) is 3.34. The minimum absolute atomic E-state index is 0.0399. The molecule has 12 nitrogen and oxygen atoms in total. The lowest BCUT2D eigenvalue weighted by Gasteiger charge is -2.38. The lowest BCUT2D eigenvalue weighted by molar-refractivity contribution is -0.153. The minimum Gasteiger partial charge on any atom is -0.493 e. The summed E-state index contributed by atoms with van der Waals surface area (Å²) < 4.78 is 45.6. The third kappa shape index (κ3) is 6.79. The predicted molar refractivity (Wildman–Crippen MR) is 183 cm³/mol. The molecule has 0 bridgehead atoms. The molecule has 1 saturated heterocycles. The van der Waals surface area contributed by atoms with Crippen LogP contribution in [0.1, 0.15) is 34.3 Å². The summed E-state index contributed by atoms with van der Waals surface area (Å²) in [6.07, 6.45) is -0.858. The van der Waals surface area contributed by atoms with E-state index in [0.717, 1.165) is 11.1 Å². The average molecular weight is 716 g/mol. The predicted octanol–water partition coefficient (Wildman–Crippen LogP) is 5.87. The van der Waals surface area contributed by atoms with Gasteiger partial charge in [0.1, 0.15) is 11.9 Å². The van der Waals surface area contributed by atoms with Crippen molar-refractivity contribution in [2.24, 2.45) is 11.8 Å². The highest BCUT2D eigenvalue weighted by molar-refractivity contribution is 6.30. The molecule has 1 N–H and O–H groups in total. The Labute approximate surface area is 298 Å². The number of anilines is 1. The molecule has 264 valence electrons. The number of fused-ring (bicyclic) bond motifs is 3. The molecule has 1 fully saturated rings. The number of ether oxygens (including phenoxy) is 8. The SMILES string of the molecule is COc1cc([C@@H]2c3cc4c(cc3[C@H](OC(=O)Cc3ccc(NC(=O)COc5ccc(Cl)cc5)cc3)[C@H]3COC(=O)[C@H]23)OCO4)cc(OC)c1OC. The topological polar surface area (TPSA) is 137 Å². The molecule has 51 heavy (non-hydrogen) atoms. The van der Waals surface area contributed by atoms with E-state index in [1.165, 1.54) is 21.3 Å². The highest BCUT2D eigenvalue weighted by atomic mass is 35.5. The molecule has 7 rings (SSSR count). The molecule has 3 aliphatic rings. The van der Waals surface area contributed by atoms with E-state index in [1.54, 1.807) is 48.5 Å². The molecule has 0 saturated carbocycles. The average Bonchev–Trinajstić information content (AvgIpc) is 3.76. The van der Waals surface area contributed by atoms with Gasteiger partial charge in [-0.3, -0.25) is 14.4 Å². The van der Waals surface area contributed by atoms with Crippen molar-refractivity contribution in [3.05, 3.63) is 100 Å². The van der Waals surface area contributed by atoms with E-state index >= 15 is 0 Å². The van der Waals surface area contributed by atoms with Crippen LogP contribution in [0.25, 0.3) is 0 Å². The molecular weight excluding hydrogens is 682 g/mol. The van der Waals surface area contributed by atoms with Crippen LogP contribution in [0, 0.1) is 11.8 Å². The van der Waals surface area contributed by atoms with Gasteiger partial charge in [-0.25, -0.2) is 0 Å². The van der Waals surface area contributed by atoms with Gasteiger partial charge in [-0.1, -0.05) is 23.7 Å². The van der Waals surface area contributed by atoms with Crippen molar-refractivity contribution in [2.45, 2.75) is 18.4 Å². The van der Waals surface area contributed by atoms with Gasteiger partial charge in [-0.15, -0.1) is 0 Å². The molecule has 0 aromatic heterocycles. The van der Waals surface area contributed by atoms with Gasteiger partial charge in [0.2, 0.25) is 12.5 Å². The summed E-state index contributed by atoms with van der Waals surface area (Å²) in [6.45, 7) is -0.0850. The zero-order valence-corrected chi connectivity index (χ0v) is 28.7. The Morgan fingerprint density at radius 3 is 2.16 bits per heavy atom. The molecule has 0 spiro atoms. The van der Waals surface area contributed by atoms with Crippen LogP contribution in [-0.4, -0.2) is 59.2 Å². The number of halogens is 1. The summed E-state index contributed by atoms with van der Waals surface area (Å²) in [4.78, 5) is 39.4. The Morgan fingerprint density at radius 1 is 0.843 bits per heavy atom. The summed E-state index contributed by atoms with van der Waals surface area (Å²) >= 11 is 5.89. The number of hydrogen-bond acceptors (Lipinski definition) is 11. The van der Waals surface area contributed by atoms with Crippen molar-refractivity contribution < 1.29 is 52.3 Å². The number of hydrogen-bond donors (Lipinski definition) is 1.